The first-order valence-electron chi connectivity index (χ1n) is 8.07. The maximum atomic E-state index is 12.8. The molecule has 3 aromatic rings. The third kappa shape index (κ3) is 4.45. The summed E-state index contributed by atoms with van der Waals surface area (Å²) < 4.78 is 49.1. The SMILES string of the molecule is Cc1onc(C(=O)Nc2cccc(C(F)(F)F)c2)c1COc1ccccc1Cl. The maximum absolute atomic E-state index is 12.8. The Morgan fingerprint density at radius 1 is 1.21 bits per heavy atom. The standard InChI is InChI=1S/C19H14ClF3N2O3/c1-11-14(10-27-16-8-3-2-7-15(16)20)17(25-28-11)18(26)24-13-6-4-5-12(9-13)19(21,22)23/h2-9H,10H2,1H3,(H,24,26). The molecule has 1 aromatic heterocycles. The van der Waals surface area contributed by atoms with Crippen LogP contribution in [0.2, 0.25) is 5.02 Å². The zero-order chi connectivity index (χ0) is 20.3. The van der Waals surface area contributed by atoms with Crippen LogP contribution in [0.1, 0.15) is 27.4 Å². The van der Waals surface area contributed by atoms with Crippen molar-refractivity contribution in [1.82, 2.24) is 5.16 Å². The van der Waals surface area contributed by atoms with Crippen LogP contribution in [0.25, 0.3) is 0 Å². The fourth-order valence-corrected chi connectivity index (χ4v) is 2.61. The summed E-state index contributed by atoms with van der Waals surface area (Å²) in [6.07, 6.45) is -4.51. The number of amides is 1. The highest BCUT2D eigenvalue weighted by molar-refractivity contribution is 6.32. The second-order valence-electron chi connectivity index (χ2n) is 5.82. The summed E-state index contributed by atoms with van der Waals surface area (Å²) in [5, 5.41) is 6.48. The summed E-state index contributed by atoms with van der Waals surface area (Å²) in [5.41, 5.74) is -0.603. The molecule has 1 N–H and O–H groups in total. The number of nitrogens with zero attached hydrogens (tertiary/aromatic N) is 1. The van der Waals surface area contributed by atoms with Gasteiger partial charge < -0.3 is 14.6 Å². The van der Waals surface area contributed by atoms with Crippen LogP contribution in [0, 0.1) is 6.92 Å². The Hall–Kier alpha value is -3.00. The Morgan fingerprint density at radius 3 is 2.68 bits per heavy atom. The zero-order valence-corrected chi connectivity index (χ0v) is 15.3. The highest BCUT2D eigenvalue weighted by Crippen LogP contribution is 2.31. The number of aromatic nitrogens is 1. The molecule has 1 heterocycles. The molecular weight excluding hydrogens is 397 g/mol. The van der Waals surface area contributed by atoms with Gasteiger partial charge in [0, 0.05) is 5.69 Å². The first-order chi connectivity index (χ1) is 13.3. The minimum Gasteiger partial charge on any atom is -0.487 e. The molecule has 0 saturated heterocycles. The molecule has 0 aliphatic carbocycles. The van der Waals surface area contributed by atoms with Crippen LogP contribution in [0.3, 0.4) is 0 Å². The Balaban J connectivity index is 1.77. The van der Waals surface area contributed by atoms with E-state index in [0.717, 1.165) is 12.1 Å². The molecule has 0 atom stereocenters. The lowest BCUT2D eigenvalue weighted by molar-refractivity contribution is -0.137. The van der Waals surface area contributed by atoms with E-state index < -0.39 is 17.6 Å². The number of rotatable bonds is 5. The molecule has 3 rings (SSSR count). The quantitative estimate of drug-likeness (QED) is 0.604. The van der Waals surface area contributed by atoms with Crippen molar-refractivity contribution in [2.45, 2.75) is 19.7 Å². The summed E-state index contributed by atoms with van der Waals surface area (Å²) in [6, 6.07) is 11.1. The molecule has 0 aliphatic rings. The average Bonchev–Trinajstić information content (AvgIpc) is 3.01. The van der Waals surface area contributed by atoms with E-state index in [2.05, 4.69) is 10.5 Å². The molecule has 2 aromatic carbocycles. The monoisotopic (exact) mass is 410 g/mol. The third-order valence-electron chi connectivity index (χ3n) is 3.86. The van der Waals surface area contributed by atoms with E-state index in [4.69, 9.17) is 20.9 Å². The van der Waals surface area contributed by atoms with E-state index in [1.165, 1.54) is 12.1 Å². The summed E-state index contributed by atoms with van der Waals surface area (Å²) in [7, 11) is 0. The van der Waals surface area contributed by atoms with Gasteiger partial charge in [-0.05, 0) is 37.3 Å². The van der Waals surface area contributed by atoms with Gasteiger partial charge in [0.15, 0.2) is 5.69 Å². The number of aryl methyl sites for hydroxylation is 1. The number of hydrogen-bond donors (Lipinski definition) is 1. The molecule has 28 heavy (non-hydrogen) atoms. The van der Waals surface area contributed by atoms with E-state index in [1.807, 2.05) is 0 Å². The van der Waals surface area contributed by atoms with Crippen molar-refractivity contribution in [2.24, 2.45) is 0 Å². The van der Waals surface area contributed by atoms with E-state index in [0.29, 0.717) is 22.1 Å². The predicted molar refractivity (Wildman–Crippen MR) is 96.4 cm³/mol. The van der Waals surface area contributed by atoms with Crippen LogP contribution in [0.4, 0.5) is 18.9 Å². The van der Waals surface area contributed by atoms with Gasteiger partial charge in [-0.15, -0.1) is 0 Å². The van der Waals surface area contributed by atoms with Crippen molar-refractivity contribution in [1.29, 1.82) is 0 Å². The van der Waals surface area contributed by atoms with Crippen LogP contribution in [-0.2, 0) is 12.8 Å². The number of ether oxygens (including phenoxy) is 1. The first-order valence-corrected chi connectivity index (χ1v) is 8.44. The van der Waals surface area contributed by atoms with E-state index >= 15 is 0 Å². The van der Waals surface area contributed by atoms with Crippen LogP contribution >= 0.6 is 11.6 Å². The number of hydrogen-bond acceptors (Lipinski definition) is 4. The summed E-state index contributed by atoms with van der Waals surface area (Å²) in [5.74, 6) is 0.0455. The Morgan fingerprint density at radius 2 is 1.96 bits per heavy atom. The molecule has 0 bridgehead atoms. The fraction of sp³-hybridized carbons (Fsp3) is 0.158. The van der Waals surface area contributed by atoms with Crippen molar-refractivity contribution >= 4 is 23.2 Å². The van der Waals surface area contributed by atoms with E-state index in [9.17, 15) is 18.0 Å². The van der Waals surface area contributed by atoms with Crippen LogP contribution in [0.15, 0.2) is 53.1 Å². The molecule has 5 nitrogen and oxygen atoms in total. The molecular formula is C19H14ClF3N2O3. The number of alkyl halides is 3. The third-order valence-corrected chi connectivity index (χ3v) is 4.17. The number of benzene rings is 2. The summed E-state index contributed by atoms with van der Waals surface area (Å²) in [4.78, 5) is 12.5. The van der Waals surface area contributed by atoms with Crippen LogP contribution < -0.4 is 10.1 Å². The highest BCUT2D eigenvalue weighted by atomic mass is 35.5. The van der Waals surface area contributed by atoms with Gasteiger partial charge in [0.1, 0.15) is 18.1 Å². The van der Waals surface area contributed by atoms with E-state index in [1.54, 1.807) is 31.2 Å². The number of carbonyl (C=O) groups is 1. The van der Waals surface area contributed by atoms with E-state index in [-0.39, 0.29) is 18.0 Å². The molecule has 0 spiro atoms. The average molecular weight is 411 g/mol. The number of carbonyl (C=O) groups excluding carboxylic acids is 1. The Bertz CT molecular complexity index is 1000. The van der Waals surface area contributed by atoms with Gasteiger partial charge in [-0.2, -0.15) is 13.2 Å². The highest BCUT2D eigenvalue weighted by Gasteiger charge is 2.30. The first kappa shape index (κ1) is 19.8. The lowest BCUT2D eigenvalue weighted by Gasteiger charge is -2.10. The normalized spacial score (nSPS) is 11.3. The van der Waals surface area contributed by atoms with Crippen molar-refractivity contribution in [3.63, 3.8) is 0 Å². The molecule has 1 amide bonds. The molecule has 9 heteroatoms. The van der Waals surface area contributed by atoms with Gasteiger partial charge in [-0.25, -0.2) is 0 Å². The molecule has 0 unspecified atom stereocenters. The summed E-state index contributed by atoms with van der Waals surface area (Å²) in [6.45, 7) is 1.55. The van der Waals surface area contributed by atoms with Gasteiger partial charge in [0.25, 0.3) is 5.91 Å². The maximum Gasteiger partial charge on any atom is 0.416 e. The summed E-state index contributed by atoms with van der Waals surface area (Å²) >= 11 is 6.03. The van der Waals surface area contributed by atoms with Crippen molar-refractivity contribution in [3.8, 4) is 5.75 Å². The zero-order valence-electron chi connectivity index (χ0n) is 14.5. The minimum atomic E-state index is -4.51. The number of anilines is 1. The van der Waals surface area contributed by atoms with Gasteiger partial charge in [0.2, 0.25) is 0 Å². The van der Waals surface area contributed by atoms with Crippen molar-refractivity contribution in [2.75, 3.05) is 5.32 Å². The predicted octanol–water partition coefficient (Wildman–Crippen LogP) is 5.49. The fourth-order valence-electron chi connectivity index (χ4n) is 2.41. The molecule has 0 fully saturated rings. The van der Waals surface area contributed by atoms with Gasteiger partial charge in [-0.1, -0.05) is 35.0 Å². The lowest BCUT2D eigenvalue weighted by atomic mass is 10.1. The van der Waals surface area contributed by atoms with Crippen LogP contribution in [0.5, 0.6) is 5.75 Å². The van der Waals surface area contributed by atoms with Gasteiger partial charge in [0.05, 0.1) is 16.1 Å². The molecule has 0 aliphatic heterocycles. The molecule has 146 valence electrons. The van der Waals surface area contributed by atoms with Gasteiger partial charge in [-0.3, -0.25) is 4.79 Å². The second-order valence-corrected chi connectivity index (χ2v) is 6.22. The number of nitrogens with one attached hydrogen (secondary N) is 1. The van der Waals surface area contributed by atoms with Gasteiger partial charge >= 0.3 is 6.18 Å². The topological polar surface area (TPSA) is 64.4 Å². The Labute approximate surface area is 163 Å². The van der Waals surface area contributed by atoms with Crippen molar-refractivity contribution in [3.05, 3.63) is 76.1 Å². The van der Waals surface area contributed by atoms with Crippen LogP contribution in [-0.4, -0.2) is 11.1 Å². The minimum absolute atomic E-state index is 0.0153. The molecule has 0 saturated carbocycles. The molecule has 0 radical (unpaired) electrons. The smallest absolute Gasteiger partial charge is 0.416 e. The number of para-hydroxylation sites is 1. The number of halogens is 4. The largest absolute Gasteiger partial charge is 0.487 e. The van der Waals surface area contributed by atoms with Crippen molar-refractivity contribution < 1.29 is 27.2 Å². The second kappa shape index (κ2) is 7.93. The Kier molecular flexibility index (Phi) is 5.60. The lowest BCUT2D eigenvalue weighted by Crippen LogP contribution is -2.16.